The van der Waals surface area contributed by atoms with E-state index in [0.717, 1.165) is 4.88 Å². The van der Waals surface area contributed by atoms with Crippen LogP contribution >= 0.6 is 23.1 Å². The average Bonchev–Trinajstić information content (AvgIpc) is 3.27. The van der Waals surface area contributed by atoms with E-state index in [9.17, 15) is 19.2 Å². The molecular weight excluding hydrogens is 426 g/mol. The van der Waals surface area contributed by atoms with Crippen LogP contribution in [-0.4, -0.2) is 48.5 Å². The fourth-order valence-electron chi connectivity index (χ4n) is 2.34. The zero-order valence-electron chi connectivity index (χ0n) is 16.4. The van der Waals surface area contributed by atoms with Gasteiger partial charge in [0.15, 0.2) is 6.61 Å². The average molecular weight is 450 g/mol. The van der Waals surface area contributed by atoms with E-state index in [1.807, 2.05) is 23.8 Å². The molecule has 1 atom stereocenters. The summed E-state index contributed by atoms with van der Waals surface area (Å²) in [5, 5.41) is 9.14. The van der Waals surface area contributed by atoms with Gasteiger partial charge in [-0.2, -0.15) is 11.8 Å². The van der Waals surface area contributed by atoms with Crippen molar-refractivity contribution in [1.29, 1.82) is 0 Å². The van der Waals surface area contributed by atoms with Crippen molar-refractivity contribution < 1.29 is 23.9 Å². The van der Waals surface area contributed by atoms with Crippen molar-refractivity contribution >= 4 is 46.9 Å². The summed E-state index contributed by atoms with van der Waals surface area (Å²) in [5.41, 5.74) is 0.416. The molecule has 30 heavy (non-hydrogen) atoms. The Balaban J connectivity index is 1.80. The van der Waals surface area contributed by atoms with Gasteiger partial charge < -0.3 is 15.4 Å². The van der Waals surface area contributed by atoms with Crippen molar-refractivity contribution in [2.45, 2.75) is 19.0 Å². The van der Waals surface area contributed by atoms with Crippen LogP contribution in [-0.2, 0) is 20.9 Å². The summed E-state index contributed by atoms with van der Waals surface area (Å²) < 4.78 is 5.00. The molecule has 0 radical (unpaired) electrons. The first-order valence-electron chi connectivity index (χ1n) is 9.11. The molecule has 0 spiro atoms. The van der Waals surface area contributed by atoms with Gasteiger partial charge >= 0.3 is 12.0 Å². The van der Waals surface area contributed by atoms with Crippen LogP contribution in [0.25, 0.3) is 0 Å². The van der Waals surface area contributed by atoms with Crippen molar-refractivity contribution in [3.05, 3.63) is 58.3 Å². The van der Waals surface area contributed by atoms with Gasteiger partial charge in [0.2, 0.25) is 0 Å². The van der Waals surface area contributed by atoms with Crippen LogP contribution < -0.4 is 16.0 Å². The molecule has 1 aromatic carbocycles. The number of carbonyl (C=O) groups excluding carboxylic acids is 4. The lowest BCUT2D eigenvalue weighted by atomic mass is 10.1. The second-order valence-electron chi connectivity index (χ2n) is 6.09. The standard InChI is InChI=1S/C20H23N3O5S2/c1-29-11-9-16(22-18(25)14-6-3-2-4-7-14)19(26)28-13-17(24)23-20(27)21-12-15-8-5-10-30-15/h2-8,10,16H,9,11-13H2,1H3,(H,22,25)(H2,21,23,24,27). The lowest BCUT2D eigenvalue weighted by Crippen LogP contribution is -2.45. The van der Waals surface area contributed by atoms with E-state index in [-0.39, 0.29) is 0 Å². The Bertz CT molecular complexity index is 843. The minimum absolute atomic E-state index is 0.291. The second-order valence-corrected chi connectivity index (χ2v) is 8.11. The summed E-state index contributed by atoms with van der Waals surface area (Å²) in [6.07, 6.45) is 2.23. The maximum absolute atomic E-state index is 12.4. The highest BCUT2D eigenvalue weighted by Gasteiger charge is 2.23. The molecule has 4 amide bonds. The van der Waals surface area contributed by atoms with E-state index in [1.54, 1.807) is 30.3 Å². The number of nitrogens with one attached hydrogen (secondary N) is 3. The van der Waals surface area contributed by atoms with Crippen LogP contribution in [0.5, 0.6) is 0 Å². The van der Waals surface area contributed by atoms with Crippen molar-refractivity contribution in [3.8, 4) is 0 Å². The second kappa shape index (κ2) is 12.7. The number of ether oxygens (including phenoxy) is 1. The maximum Gasteiger partial charge on any atom is 0.329 e. The number of amides is 4. The van der Waals surface area contributed by atoms with Crippen molar-refractivity contribution in [2.75, 3.05) is 18.6 Å². The fraction of sp³-hybridized carbons (Fsp3) is 0.300. The highest BCUT2D eigenvalue weighted by atomic mass is 32.2. The first-order valence-corrected chi connectivity index (χ1v) is 11.4. The van der Waals surface area contributed by atoms with Crippen LogP contribution in [0.2, 0.25) is 0 Å². The summed E-state index contributed by atoms with van der Waals surface area (Å²) in [5.74, 6) is -1.28. The number of rotatable bonds is 10. The van der Waals surface area contributed by atoms with Crippen LogP contribution in [0.1, 0.15) is 21.7 Å². The lowest BCUT2D eigenvalue weighted by Gasteiger charge is -2.17. The third-order valence-corrected chi connectivity index (χ3v) is 5.36. The number of imide groups is 1. The lowest BCUT2D eigenvalue weighted by molar-refractivity contribution is -0.150. The third kappa shape index (κ3) is 8.26. The number of benzene rings is 1. The van der Waals surface area contributed by atoms with E-state index >= 15 is 0 Å². The number of hydrogen-bond donors (Lipinski definition) is 3. The molecule has 1 unspecified atom stereocenters. The van der Waals surface area contributed by atoms with Gasteiger partial charge in [-0.05, 0) is 42.0 Å². The topological polar surface area (TPSA) is 114 Å². The number of esters is 1. The largest absolute Gasteiger partial charge is 0.454 e. The first-order chi connectivity index (χ1) is 14.5. The van der Waals surface area contributed by atoms with Crippen molar-refractivity contribution in [2.24, 2.45) is 0 Å². The molecule has 0 bridgehead atoms. The molecule has 10 heteroatoms. The Kier molecular flexibility index (Phi) is 9.88. The molecule has 3 N–H and O–H groups in total. The van der Waals surface area contributed by atoms with E-state index < -0.39 is 36.5 Å². The molecular formula is C20H23N3O5S2. The predicted octanol–water partition coefficient (Wildman–Crippen LogP) is 2.17. The Morgan fingerprint density at radius 3 is 2.53 bits per heavy atom. The number of hydrogen-bond acceptors (Lipinski definition) is 7. The van der Waals surface area contributed by atoms with Crippen LogP contribution in [0.15, 0.2) is 47.8 Å². The van der Waals surface area contributed by atoms with Gasteiger partial charge in [0.1, 0.15) is 6.04 Å². The van der Waals surface area contributed by atoms with Gasteiger partial charge in [-0.1, -0.05) is 24.3 Å². The normalized spacial score (nSPS) is 11.2. The van der Waals surface area contributed by atoms with Crippen molar-refractivity contribution in [1.82, 2.24) is 16.0 Å². The minimum atomic E-state index is -0.898. The van der Waals surface area contributed by atoms with Crippen LogP contribution in [0, 0.1) is 0 Å². The first kappa shape index (κ1) is 23.4. The Labute approximate surface area is 182 Å². The van der Waals surface area contributed by atoms with Crippen LogP contribution in [0.4, 0.5) is 4.79 Å². The van der Waals surface area contributed by atoms with Gasteiger partial charge in [-0.15, -0.1) is 11.3 Å². The number of thioether (sulfide) groups is 1. The molecule has 0 saturated heterocycles. The van der Waals surface area contributed by atoms with Gasteiger partial charge in [-0.25, -0.2) is 9.59 Å². The quantitative estimate of drug-likeness (QED) is 0.479. The van der Waals surface area contributed by atoms with Crippen LogP contribution in [0.3, 0.4) is 0 Å². The molecule has 0 aliphatic rings. The molecule has 1 heterocycles. The molecule has 160 valence electrons. The zero-order valence-corrected chi connectivity index (χ0v) is 18.0. The molecule has 0 aliphatic heterocycles. The zero-order chi connectivity index (χ0) is 21.8. The SMILES string of the molecule is CSCCC(NC(=O)c1ccccc1)C(=O)OCC(=O)NC(=O)NCc1cccs1. The van der Waals surface area contributed by atoms with E-state index in [2.05, 4.69) is 16.0 Å². The number of carbonyl (C=O) groups is 4. The molecule has 0 saturated carbocycles. The molecule has 2 aromatic rings. The van der Waals surface area contributed by atoms with Gasteiger partial charge in [0.05, 0.1) is 6.54 Å². The molecule has 0 fully saturated rings. The highest BCUT2D eigenvalue weighted by molar-refractivity contribution is 7.98. The predicted molar refractivity (Wildman–Crippen MR) is 116 cm³/mol. The molecule has 0 aliphatic carbocycles. The molecule has 2 rings (SSSR count). The smallest absolute Gasteiger partial charge is 0.329 e. The fourth-order valence-corrected chi connectivity index (χ4v) is 3.46. The van der Waals surface area contributed by atoms with E-state index in [0.29, 0.717) is 24.3 Å². The van der Waals surface area contributed by atoms with Gasteiger partial charge in [-0.3, -0.25) is 14.9 Å². The number of urea groups is 1. The summed E-state index contributed by atoms with van der Waals surface area (Å²) >= 11 is 2.99. The maximum atomic E-state index is 12.4. The van der Waals surface area contributed by atoms with Gasteiger partial charge in [0, 0.05) is 10.4 Å². The monoisotopic (exact) mass is 449 g/mol. The Morgan fingerprint density at radius 1 is 1.10 bits per heavy atom. The minimum Gasteiger partial charge on any atom is -0.454 e. The Morgan fingerprint density at radius 2 is 1.87 bits per heavy atom. The summed E-state index contributed by atoms with van der Waals surface area (Å²) in [6, 6.07) is 10.6. The molecule has 8 nitrogen and oxygen atoms in total. The highest BCUT2D eigenvalue weighted by Crippen LogP contribution is 2.07. The Hall–Kier alpha value is -2.85. The van der Waals surface area contributed by atoms with Gasteiger partial charge in [0.25, 0.3) is 11.8 Å². The van der Waals surface area contributed by atoms with E-state index in [1.165, 1.54) is 23.1 Å². The summed E-state index contributed by atoms with van der Waals surface area (Å²) in [4.78, 5) is 49.2. The third-order valence-electron chi connectivity index (χ3n) is 3.84. The summed E-state index contributed by atoms with van der Waals surface area (Å²) in [6.45, 7) is -0.332. The molecule has 1 aromatic heterocycles. The van der Waals surface area contributed by atoms with E-state index in [4.69, 9.17) is 4.74 Å². The number of thiophene rings is 1. The summed E-state index contributed by atoms with van der Waals surface area (Å²) in [7, 11) is 0. The van der Waals surface area contributed by atoms with Crippen molar-refractivity contribution in [3.63, 3.8) is 0 Å².